The number of nitrogens with zero attached hydrogens (tertiary/aromatic N) is 1. The van der Waals surface area contributed by atoms with Gasteiger partial charge in [0.15, 0.2) is 5.78 Å². The van der Waals surface area contributed by atoms with Crippen molar-refractivity contribution in [1.82, 2.24) is 4.98 Å². The first-order valence-electron chi connectivity index (χ1n) is 17.5. The number of aromatic nitrogens is 1. The summed E-state index contributed by atoms with van der Waals surface area (Å²) in [6.07, 6.45) is 11.4. The summed E-state index contributed by atoms with van der Waals surface area (Å²) in [5, 5.41) is 13.0. The first-order chi connectivity index (χ1) is 22.0. The number of hydrogen-bond donors (Lipinski definition) is 1. The third-order valence-corrected chi connectivity index (χ3v) is 11.9. The molecule has 0 aliphatic heterocycles. The summed E-state index contributed by atoms with van der Waals surface area (Å²) in [5.74, 6) is 1.07. The Hall–Kier alpha value is -2.85. The average molecular weight is 823 g/mol. The summed E-state index contributed by atoms with van der Waals surface area (Å²) < 4.78 is 0. The van der Waals surface area contributed by atoms with Gasteiger partial charge in [0, 0.05) is 42.9 Å². The van der Waals surface area contributed by atoms with Crippen LogP contribution in [0.3, 0.4) is 0 Å². The van der Waals surface area contributed by atoms with E-state index >= 15 is 0 Å². The van der Waals surface area contributed by atoms with Gasteiger partial charge in [0.1, 0.15) is 5.76 Å². The van der Waals surface area contributed by atoms with Gasteiger partial charge in [0.25, 0.3) is 0 Å². The van der Waals surface area contributed by atoms with Crippen molar-refractivity contribution in [3.63, 3.8) is 0 Å². The molecule has 47 heavy (non-hydrogen) atoms. The summed E-state index contributed by atoms with van der Waals surface area (Å²) in [4.78, 5) is 17.4. The van der Waals surface area contributed by atoms with Crippen LogP contribution < -0.4 is 5.19 Å². The molecule has 0 unspecified atom stereocenters. The van der Waals surface area contributed by atoms with E-state index in [-0.39, 0.29) is 37.7 Å². The van der Waals surface area contributed by atoms with Gasteiger partial charge in [0.2, 0.25) is 0 Å². The number of ketones is 1. The van der Waals surface area contributed by atoms with E-state index in [1.807, 2.05) is 6.92 Å². The fourth-order valence-electron chi connectivity index (χ4n) is 7.20. The van der Waals surface area contributed by atoms with Crippen molar-refractivity contribution >= 4 is 29.9 Å². The van der Waals surface area contributed by atoms with Gasteiger partial charge < -0.3 is 5.11 Å². The number of aryl methyl sites for hydroxylation is 2. The van der Waals surface area contributed by atoms with E-state index in [1.54, 1.807) is 0 Å². The summed E-state index contributed by atoms with van der Waals surface area (Å²) >= 11 is 0. The van der Waals surface area contributed by atoms with Gasteiger partial charge >= 0.3 is 0 Å². The van der Waals surface area contributed by atoms with Crippen molar-refractivity contribution in [3.8, 4) is 22.4 Å². The number of carbonyl (C=O) groups is 1. The molecule has 1 radical (unpaired) electrons. The van der Waals surface area contributed by atoms with Gasteiger partial charge in [-0.15, -0.1) is 34.9 Å². The molecule has 0 atom stereocenters. The van der Waals surface area contributed by atoms with Crippen LogP contribution in [0.25, 0.3) is 33.3 Å². The molecule has 5 heteroatoms. The second-order valence-electron chi connectivity index (χ2n) is 14.7. The van der Waals surface area contributed by atoms with Crippen molar-refractivity contribution in [2.45, 2.75) is 105 Å². The van der Waals surface area contributed by atoms with E-state index in [0.717, 1.165) is 48.0 Å². The zero-order valence-electron chi connectivity index (χ0n) is 29.2. The zero-order chi connectivity index (χ0) is 32.8. The van der Waals surface area contributed by atoms with Crippen LogP contribution in [0.1, 0.15) is 82.3 Å². The Labute approximate surface area is 297 Å². The van der Waals surface area contributed by atoms with E-state index in [9.17, 15) is 9.90 Å². The summed E-state index contributed by atoms with van der Waals surface area (Å²) in [6, 6.07) is 27.5. The smallest absolute Gasteiger partial charge is 0.164 e. The quantitative estimate of drug-likeness (QED) is 0.0912. The molecule has 0 amide bonds. The monoisotopic (exact) mass is 823 g/mol. The van der Waals surface area contributed by atoms with Crippen molar-refractivity contribution in [3.05, 3.63) is 95.3 Å². The van der Waals surface area contributed by atoms with E-state index < -0.39 is 8.07 Å². The molecule has 0 spiro atoms. The molecular weight excluding hydrogens is 771 g/mol. The number of fused-ring (bicyclic) bond motifs is 1. The molecule has 0 saturated heterocycles. The Bertz CT molecular complexity index is 1670. The second kappa shape index (κ2) is 16.5. The molecule has 4 aromatic rings. The molecule has 1 aromatic heterocycles. The minimum absolute atomic E-state index is 0. The van der Waals surface area contributed by atoms with Crippen LogP contribution in [-0.4, -0.2) is 23.9 Å². The molecule has 1 heterocycles. The van der Waals surface area contributed by atoms with Crippen LogP contribution in [0.4, 0.5) is 0 Å². The Kier molecular flexibility index (Phi) is 13.0. The maximum atomic E-state index is 12.4. The number of Topliss-reactive ketones (excluding diaryl/α,β-unsaturated/α-hetero) is 1. The number of benzene rings is 3. The van der Waals surface area contributed by atoms with Crippen molar-refractivity contribution in [2.24, 2.45) is 11.8 Å². The van der Waals surface area contributed by atoms with Gasteiger partial charge in [-0.2, -0.15) is 0 Å². The molecule has 1 N–H and O–H groups in total. The normalized spacial score (nSPS) is 16.5. The Morgan fingerprint density at radius 2 is 1.43 bits per heavy atom. The maximum Gasteiger partial charge on any atom is 0.164 e. The standard InChI is InChI=1S/C26H26NSi.C16H26O2.Ir/c1-18-13-19(2)15-21(14-18)26-17-23(20-9-7-6-8-10-20)24-16-22(28(3,4)5)11-12-25(24)27-26;1-12(15(17)13-8-4-2-5-9-13)16(18)14-10-6-3-7-11-14;/h6-14,16-17H,1-5H3;13-14,17H,2-11H2,1H3;/q-1;;/b;15-12-;. The SMILES string of the molecule is C/C(C(=O)C1CCCCC1)=C(/O)C1CCCCC1.Cc1[c-]c(-c2cc(-c3ccccc3)c3cc([Si](C)(C)C)ccc3n2)cc(C)c1.[Ir]. The number of aliphatic hydroxyl groups is 1. The van der Waals surface area contributed by atoms with Crippen LogP contribution in [0.15, 0.2) is 78.1 Å². The first-order valence-corrected chi connectivity index (χ1v) is 21.0. The number of hydrogen-bond acceptors (Lipinski definition) is 3. The largest absolute Gasteiger partial charge is 0.512 e. The molecule has 0 bridgehead atoms. The minimum atomic E-state index is -1.40. The molecule has 2 aliphatic carbocycles. The fourth-order valence-corrected chi connectivity index (χ4v) is 8.36. The van der Waals surface area contributed by atoms with Gasteiger partial charge in [-0.3, -0.25) is 9.78 Å². The fraction of sp³-hybridized carbons (Fsp3) is 0.429. The molecule has 3 nitrogen and oxygen atoms in total. The van der Waals surface area contributed by atoms with Crippen molar-refractivity contribution in [1.29, 1.82) is 0 Å². The molecular formula is C42H52IrNO2Si-. The molecule has 251 valence electrons. The van der Waals surface area contributed by atoms with E-state index in [0.29, 0.717) is 11.3 Å². The molecule has 2 aliphatic rings. The number of carbonyl (C=O) groups excluding carboxylic acids is 1. The summed E-state index contributed by atoms with van der Waals surface area (Å²) in [7, 11) is -1.40. The molecule has 2 fully saturated rings. The number of pyridine rings is 1. The summed E-state index contributed by atoms with van der Waals surface area (Å²) in [5.41, 5.74) is 8.61. The zero-order valence-corrected chi connectivity index (χ0v) is 32.6. The Morgan fingerprint density at radius 1 is 0.809 bits per heavy atom. The van der Waals surface area contributed by atoms with Crippen molar-refractivity contribution < 1.29 is 30.0 Å². The van der Waals surface area contributed by atoms with Crippen molar-refractivity contribution in [2.75, 3.05) is 0 Å². The van der Waals surface area contributed by atoms with Gasteiger partial charge in [-0.1, -0.05) is 126 Å². The van der Waals surface area contributed by atoms with E-state index in [2.05, 4.69) is 106 Å². The van der Waals surface area contributed by atoms with Crippen LogP contribution in [0.5, 0.6) is 0 Å². The average Bonchev–Trinajstić information content (AvgIpc) is 3.07. The molecule has 2 saturated carbocycles. The third kappa shape index (κ3) is 9.40. The van der Waals surface area contributed by atoms with Crippen LogP contribution in [-0.2, 0) is 24.9 Å². The van der Waals surface area contributed by atoms with Crippen LogP contribution in [0.2, 0.25) is 19.6 Å². The maximum absolute atomic E-state index is 12.4. The van der Waals surface area contributed by atoms with Gasteiger partial charge in [-0.05, 0) is 55.5 Å². The number of aliphatic hydroxyl groups excluding tert-OH is 1. The minimum Gasteiger partial charge on any atom is -0.512 e. The number of allylic oxidation sites excluding steroid dienone is 2. The Balaban J connectivity index is 0.000000229. The van der Waals surface area contributed by atoms with Crippen LogP contribution in [0, 0.1) is 31.7 Å². The topological polar surface area (TPSA) is 50.2 Å². The third-order valence-electron chi connectivity index (χ3n) is 9.91. The predicted molar refractivity (Wildman–Crippen MR) is 197 cm³/mol. The van der Waals surface area contributed by atoms with E-state index in [4.69, 9.17) is 4.98 Å². The van der Waals surface area contributed by atoms with Gasteiger partial charge in [-0.25, -0.2) is 0 Å². The van der Waals surface area contributed by atoms with E-state index in [1.165, 1.54) is 65.8 Å². The molecule has 3 aromatic carbocycles. The predicted octanol–water partition coefficient (Wildman–Crippen LogP) is 11.1. The molecule has 6 rings (SSSR count). The summed E-state index contributed by atoms with van der Waals surface area (Å²) in [6.45, 7) is 13.2. The second-order valence-corrected chi connectivity index (χ2v) is 19.8. The van der Waals surface area contributed by atoms with Gasteiger partial charge in [0.05, 0.1) is 13.6 Å². The first kappa shape index (κ1) is 37.0. The Morgan fingerprint density at radius 3 is 2.02 bits per heavy atom. The number of rotatable bonds is 6. The van der Waals surface area contributed by atoms with Crippen LogP contribution >= 0.6 is 0 Å².